The summed E-state index contributed by atoms with van der Waals surface area (Å²) in [4.78, 5) is 5.02. The minimum atomic E-state index is 0.574. The Balaban J connectivity index is 3.27. The first-order chi connectivity index (χ1) is 8.19. The number of hydrogen-bond donors (Lipinski definition) is 1. The van der Waals surface area contributed by atoms with Crippen molar-refractivity contribution in [3.8, 4) is 5.75 Å². The molecule has 4 nitrogen and oxygen atoms in total. The van der Waals surface area contributed by atoms with Gasteiger partial charge in [-0.05, 0) is 12.3 Å². The van der Waals surface area contributed by atoms with E-state index in [1.165, 1.54) is 17.5 Å². The van der Waals surface area contributed by atoms with Gasteiger partial charge in [0.05, 0.1) is 25.5 Å². The first-order valence-corrected chi connectivity index (χ1v) is 5.81. The van der Waals surface area contributed by atoms with Crippen LogP contribution in [0.1, 0.15) is 10.4 Å². The molecule has 0 aromatic carbocycles. The van der Waals surface area contributed by atoms with Gasteiger partial charge in [0.2, 0.25) is 0 Å². The van der Waals surface area contributed by atoms with Crippen molar-refractivity contribution in [3.63, 3.8) is 0 Å². The Kier molecular flexibility index (Phi) is 4.78. The fourth-order valence-corrected chi connectivity index (χ4v) is 2.37. The minimum Gasteiger partial charge on any atom is -0.496 e. The molecule has 0 bridgehead atoms. The van der Waals surface area contributed by atoms with Gasteiger partial charge in [0.15, 0.2) is 0 Å². The fourth-order valence-electron chi connectivity index (χ4n) is 1.39. The molecular formula is C12H16N2O2S. The molecule has 1 rings (SSSR count). The average Bonchev–Trinajstić information content (AvgIpc) is 2.78. The second-order valence-electron chi connectivity index (χ2n) is 3.11. The molecule has 0 atom stereocenters. The molecule has 1 aromatic rings. The summed E-state index contributed by atoms with van der Waals surface area (Å²) in [5.41, 5.74) is 7.03. The molecule has 0 saturated heterocycles. The molecule has 0 radical (unpaired) electrons. The summed E-state index contributed by atoms with van der Waals surface area (Å²) in [5, 5.41) is 1.95. The fraction of sp³-hybridized carbons (Fsp3) is 0.250. The zero-order valence-electron chi connectivity index (χ0n) is 10.2. The summed E-state index contributed by atoms with van der Waals surface area (Å²) in [6, 6.07) is 0. The van der Waals surface area contributed by atoms with Crippen LogP contribution in [-0.2, 0) is 4.74 Å². The van der Waals surface area contributed by atoms with Gasteiger partial charge < -0.3 is 15.2 Å². The van der Waals surface area contributed by atoms with E-state index >= 15 is 0 Å². The van der Waals surface area contributed by atoms with Crippen LogP contribution in [0.5, 0.6) is 5.75 Å². The minimum absolute atomic E-state index is 0.574. The lowest BCUT2D eigenvalue weighted by molar-refractivity contribution is 0.365. The van der Waals surface area contributed by atoms with Gasteiger partial charge in [-0.2, -0.15) is 0 Å². The number of thiophene rings is 1. The Hall–Kier alpha value is -1.75. The van der Waals surface area contributed by atoms with Gasteiger partial charge in [-0.15, -0.1) is 11.3 Å². The maximum Gasteiger partial charge on any atom is 0.149 e. The first-order valence-electron chi connectivity index (χ1n) is 4.93. The first kappa shape index (κ1) is 13.3. The van der Waals surface area contributed by atoms with E-state index in [1.54, 1.807) is 27.3 Å². The highest BCUT2D eigenvalue weighted by Gasteiger charge is 2.17. The summed E-state index contributed by atoms with van der Waals surface area (Å²) in [5.74, 6) is 1.28. The van der Waals surface area contributed by atoms with E-state index in [-0.39, 0.29) is 0 Å². The van der Waals surface area contributed by atoms with Gasteiger partial charge in [0, 0.05) is 12.4 Å². The normalized spacial score (nSPS) is 11.8. The third-order valence-corrected chi connectivity index (χ3v) is 3.22. The van der Waals surface area contributed by atoms with Crippen molar-refractivity contribution < 1.29 is 9.47 Å². The highest BCUT2D eigenvalue weighted by molar-refractivity contribution is 7.11. The lowest BCUT2D eigenvalue weighted by Gasteiger charge is -2.07. The van der Waals surface area contributed by atoms with E-state index in [1.807, 2.05) is 5.38 Å². The number of aliphatic imine (C=N–C) groups is 1. The standard InChI is InChI=1S/C12H16N2O2S/c1-8(15-3)12-11(16-4)9(7-17-12)10(14-2)5-6-13/h5-7H,1,13H2,2-4H3. The highest BCUT2D eigenvalue weighted by Crippen LogP contribution is 2.36. The molecule has 0 amide bonds. The predicted molar refractivity (Wildman–Crippen MR) is 72.7 cm³/mol. The molecule has 0 spiro atoms. The maximum atomic E-state index is 5.39. The molecule has 0 aliphatic carbocycles. The Labute approximate surface area is 105 Å². The summed E-state index contributed by atoms with van der Waals surface area (Å²) in [7, 11) is 4.89. The number of allylic oxidation sites excluding steroid dienone is 1. The van der Waals surface area contributed by atoms with E-state index < -0.39 is 0 Å². The molecule has 92 valence electrons. The molecule has 0 saturated carbocycles. The van der Waals surface area contributed by atoms with Gasteiger partial charge >= 0.3 is 0 Å². The van der Waals surface area contributed by atoms with Crippen LogP contribution in [0.3, 0.4) is 0 Å². The molecule has 0 unspecified atom stereocenters. The zero-order chi connectivity index (χ0) is 12.8. The molecule has 2 N–H and O–H groups in total. The van der Waals surface area contributed by atoms with Crippen LogP contribution >= 0.6 is 11.3 Å². The van der Waals surface area contributed by atoms with Crippen molar-refractivity contribution in [1.29, 1.82) is 0 Å². The molecule has 17 heavy (non-hydrogen) atoms. The van der Waals surface area contributed by atoms with Crippen molar-refractivity contribution in [3.05, 3.63) is 34.7 Å². The lowest BCUT2D eigenvalue weighted by atomic mass is 10.1. The second kappa shape index (κ2) is 6.10. The summed E-state index contributed by atoms with van der Waals surface area (Å²) < 4.78 is 10.5. The van der Waals surface area contributed by atoms with E-state index in [2.05, 4.69) is 11.6 Å². The molecule has 0 aliphatic rings. The number of rotatable bonds is 5. The third kappa shape index (κ3) is 2.68. The predicted octanol–water partition coefficient (Wildman–Crippen LogP) is 2.27. The maximum absolute atomic E-state index is 5.39. The van der Waals surface area contributed by atoms with E-state index in [4.69, 9.17) is 15.2 Å². The number of ether oxygens (including phenoxy) is 2. The van der Waals surface area contributed by atoms with Gasteiger partial charge in [-0.3, -0.25) is 4.99 Å². The van der Waals surface area contributed by atoms with E-state index in [0.717, 1.165) is 16.2 Å². The number of hydrogen-bond acceptors (Lipinski definition) is 5. The monoisotopic (exact) mass is 252 g/mol. The van der Waals surface area contributed by atoms with Crippen molar-refractivity contribution in [1.82, 2.24) is 0 Å². The molecular weight excluding hydrogens is 236 g/mol. The number of nitrogens with zero attached hydrogens (tertiary/aromatic N) is 1. The molecule has 0 fully saturated rings. The number of methoxy groups -OCH3 is 2. The molecule has 1 heterocycles. The van der Waals surface area contributed by atoms with Crippen LogP contribution in [0.25, 0.3) is 5.76 Å². The topological polar surface area (TPSA) is 56.8 Å². The van der Waals surface area contributed by atoms with Crippen LogP contribution < -0.4 is 10.5 Å². The SMILES string of the molecule is C=C(OC)c1scc(C(C=CN)=NC)c1OC. The second-order valence-corrected chi connectivity index (χ2v) is 3.99. The van der Waals surface area contributed by atoms with Crippen LogP contribution in [0.2, 0.25) is 0 Å². The highest BCUT2D eigenvalue weighted by atomic mass is 32.1. The quantitative estimate of drug-likeness (QED) is 0.646. The number of nitrogens with two attached hydrogens (primary N) is 1. The van der Waals surface area contributed by atoms with Crippen LogP contribution in [0, 0.1) is 0 Å². The van der Waals surface area contributed by atoms with E-state index in [0.29, 0.717) is 11.5 Å². The van der Waals surface area contributed by atoms with Gasteiger partial charge in [-0.25, -0.2) is 0 Å². The van der Waals surface area contributed by atoms with Crippen LogP contribution in [0.4, 0.5) is 0 Å². The van der Waals surface area contributed by atoms with E-state index in [9.17, 15) is 0 Å². The zero-order valence-corrected chi connectivity index (χ0v) is 11.0. The molecule has 5 heteroatoms. The third-order valence-electron chi connectivity index (χ3n) is 2.22. The Bertz CT molecular complexity index is 461. The van der Waals surface area contributed by atoms with Crippen LogP contribution in [0.15, 0.2) is 29.2 Å². The molecule has 1 aromatic heterocycles. The van der Waals surface area contributed by atoms with Gasteiger partial charge in [-0.1, -0.05) is 6.58 Å². The van der Waals surface area contributed by atoms with Crippen molar-refractivity contribution in [2.45, 2.75) is 0 Å². The Morgan fingerprint density at radius 2 is 2.24 bits per heavy atom. The average molecular weight is 252 g/mol. The van der Waals surface area contributed by atoms with Crippen LogP contribution in [-0.4, -0.2) is 27.0 Å². The Morgan fingerprint density at radius 1 is 1.53 bits per heavy atom. The smallest absolute Gasteiger partial charge is 0.149 e. The van der Waals surface area contributed by atoms with Gasteiger partial charge in [0.25, 0.3) is 0 Å². The summed E-state index contributed by atoms with van der Waals surface area (Å²) >= 11 is 1.50. The summed E-state index contributed by atoms with van der Waals surface area (Å²) in [6.07, 6.45) is 3.17. The largest absolute Gasteiger partial charge is 0.496 e. The van der Waals surface area contributed by atoms with Crippen molar-refractivity contribution in [2.75, 3.05) is 21.3 Å². The van der Waals surface area contributed by atoms with Crippen molar-refractivity contribution >= 4 is 22.8 Å². The summed E-state index contributed by atoms with van der Waals surface area (Å²) in [6.45, 7) is 3.82. The van der Waals surface area contributed by atoms with Crippen molar-refractivity contribution in [2.24, 2.45) is 10.7 Å². The molecule has 0 aliphatic heterocycles. The Morgan fingerprint density at radius 3 is 2.71 bits per heavy atom. The lowest BCUT2D eigenvalue weighted by Crippen LogP contribution is -2.00. The van der Waals surface area contributed by atoms with Gasteiger partial charge in [0.1, 0.15) is 16.4 Å².